The quantitative estimate of drug-likeness (QED) is 0.803. The van der Waals surface area contributed by atoms with Gasteiger partial charge in [0.25, 0.3) is 0 Å². The van der Waals surface area contributed by atoms with Gasteiger partial charge in [-0.1, -0.05) is 12.1 Å². The number of nitrogens with zero attached hydrogens (tertiary/aromatic N) is 3. The van der Waals surface area contributed by atoms with Crippen molar-refractivity contribution < 1.29 is 18.8 Å². The molecular formula is C17H24ClN3O4. The number of carboxylic acids is 1. The lowest BCUT2D eigenvalue weighted by molar-refractivity contribution is -0.139. The van der Waals surface area contributed by atoms with Crippen LogP contribution in [0.25, 0.3) is 11.5 Å². The average molecular weight is 370 g/mol. The Morgan fingerprint density at radius 1 is 1.40 bits per heavy atom. The van der Waals surface area contributed by atoms with Gasteiger partial charge in [-0.05, 0) is 31.5 Å². The molecule has 0 aliphatic carbocycles. The van der Waals surface area contributed by atoms with Gasteiger partial charge in [0.15, 0.2) is 5.76 Å². The number of halogens is 1. The number of aliphatic carboxylic acids is 1. The monoisotopic (exact) mass is 369 g/mol. The Bertz CT molecular complexity index is 651. The van der Waals surface area contributed by atoms with Crippen LogP contribution in [0.3, 0.4) is 0 Å². The van der Waals surface area contributed by atoms with E-state index in [9.17, 15) is 4.79 Å². The molecule has 138 valence electrons. The molecule has 0 atom stereocenters. The average Bonchev–Trinajstić information content (AvgIpc) is 3.24. The molecule has 1 aliphatic heterocycles. The number of piperidine rings is 1. The minimum absolute atomic E-state index is 0. The molecular weight excluding hydrogens is 346 g/mol. The maximum atomic E-state index is 10.9. The molecule has 0 aromatic carbocycles. The van der Waals surface area contributed by atoms with Crippen LogP contribution < -0.4 is 0 Å². The lowest BCUT2D eigenvalue weighted by Crippen LogP contribution is -2.46. The minimum Gasteiger partial charge on any atom is -0.480 e. The first-order valence-corrected chi connectivity index (χ1v) is 8.33. The van der Waals surface area contributed by atoms with Gasteiger partial charge in [0.05, 0.1) is 18.5 Å². The predicted octanol–water partition coefficient (Wildman–Crippen LogP) is 2.73. The molecule has 0 spiro atoms. The van der Waals surface area contributed by atoms with Crippen LogP contribution in [0.1, 0.15) is 25.5 Å². The topological polar surface area (TPSA) is 83.0 Å². The van der Waals surface area contributed by atoms with Gasteiger partial charge in [0, 0.05) is 31.7 Å². The molecule has 3 rings (SSSR count). The number of aromatic nitrogens is 1. The number of carboxylic acid groups (broad SMARTS) is 1. The van der Waals surface area contributed by atoms with Crippen molar-refractivity contribution in [1.82, 2.24) is 15.0 Å². The van der Waals surface area contributed by atoms with Gasteiger partial charge < -0.3 is 14.0 Å². The molecule has 0 unspecified atom stereocenters. The number of rotatable bonds is 7. The Morgan fingerprint density at radius 3 is 2.76 bits per heavy atom. The van der Waals surface area contributed by atoms with E-state index in [1.165, 1.54) is 0 Å². The minimum atomic E-state index is -0.757. The van der Waals surface area contributed by atoms with Gasteiger partial charge in [-0.2, -0.15) is 0 Å². The van der Waals surface area contributed by atoms with Crippen molar-refractivity contribution in [2.75, 3.05) is 26.2 Å². The van der Waals surface area contributed by atoms with E-state index >= 15 is 0 Å². The zero-order valence-electron chi connectivity index (χ0n) is 14.3. The summed E-state index contributed by atoms with van der Waals surface area (Å²) in [7, 11) is 0. The summed E-state index contributed by atoms with van der Waals surface area (Å²) in [5.41, 5.74) is 0.887. The zero-order valence-corrected chi connectivity index (χ0v) is 15.1. The zero-order chi connectivity index (χ0) is 16.9. The highest BCUT2D eigenvalue weighted by Gasteiger charge is 2.25. The van der Waals surface area contributed by atoms with E-state index < -0.39 is 5.97 Å². The first-order chi connectivity index (χ1) is 11.7. The van der Waals surface area contributed by atoms with Crippen LogP contribution >= 0.6 is 12.4 Å². The van der Waals surface area contributed by atoms with Crippen LogP contribution in [0.15, 0.2) is 33.4 Å². The first-order valence-electron chi connectivity index (χ1n) is 8.33. The van der Waals surface area contributed by atoms with Gasteiger partial charge in [-0.25, -0.2) is 0 Å². The number of hydrogen-bond acceptors (Lipinski definition) is 6. The molecule has 0 saturated carbocycles. The number of likely N-dealkylation sites (N-methyl/N-ethyl adjacent to an activating group) is 1. The smallest absolute Gasteiger partial charge is 0.317 e. The maximum Gasteiger partial charge on any atom is 0.317 e. The van der Waals surface area contributed by atoms with E-state index in [-0.39, 0.29) is 19.0 Å². The highest BCUT2D eigenvalue weighted by Crippen LogP contribution is 2.23. The van der Waals surface area contributed by atoms with Gasteiger partial charge in [0.1, 0.15) is 0 Å². The van der Waals surface area contributed by atoms with Crippen molar-refractivity contribution in [3.63, 3.8) is 0 Å². The van der Waals surface area contributed by atoms with Crippen molar-refractivity contribution in [3.05, 3.63) is 30.2 Å². The first kappa shape index (κ1) is 19.5. The third kappa shape index (κ3) is 5.07. The maximum absolute atomic E-state index is 10.9. The lowest BCUT2D eigenvalue weighted by atomic mass is 10.0. The Morgan fingerprint density at radius 2 is 2.16 bits per heavy atom. The van der Waals surface area contributed by atoms with E-state index in [1.54, 1.807) is 6.26 Å². The van der Waals surface area contributed by atoms with Crippen LogP contribution in [0, 0.1) is 0 Å². The van der Waals surface area contributed by atoms with Gasteiger partial charge >= 0.3 is 5.97 Å². The predicted molar refractivity (Wildman–Crippen MR) is 94.6 cm³/mol. The van der Waals surface area contributed by atoms with Crippen molar-refractivity contribution in [2.24, 2.45) is 0 Å². The standard InChI is InChI=1S/C17H23N3O4.ClH/c1-2-20(12-17(21)22)14-5-7-19(8-6-14)11-13-10-16(24-18-13)15-4-3-9-23-15;/h3-4,9-10,14H,2,5-8,11-12H2,1H3,(H,21,22);1H. The molecule has 1 fully saturated rings. The molecule has 1 N–H and O–H groups in total. The van der Waals surface area contributed by atoms with E-state index in [1.807, 2.05) is 30.0 Å². The molecule has 25 heavy (non-hydrogen) atoms. The van der Waals surface area contributed by atoms with Crippen LogP contribution in [0.4, 0.5) is 0 Å². The Kier molecular flexibility index (Phi) is 7.04. The Balaban J connectivity index is 0.00000225. The van der Waals surface area contributed by atoms with Crippen LogP contribution in [-0.2, 0) is 11.3 Å². The lowest BCUT2D eigenvalue weighted by Gasteiger charge is -2.37. The summed E-state index contributed by atoms with van der Waals surface area (Å²) < 4.78 is 10.6. The van der Waals surface area contributed by atoms with Crippen LogP contribution in [0.5, 0.6) is 0 Å². The number of likely N-dealkylation sites (tertiary alicyclic amines) is 1. The summed E-state index contributed by atoms with van der Waals surface area (Å²) in [5, 5.41) is 13.1. The third-order valence-corrected chi connectivity index (χ3v) is 4.53. The SMILES string of the molecule is CCN(CC(=O)O)C1CCN(Cc2cc(-c3ccco3)on2)CC1.Cl. The van der Waals surface area contributed by atoms with Crippen LogP contribution in [0.2, 0.25) is 0 Å². The fraction of sp³-hybridized carbons (Fsp3) is 0.529. The fourth-order valence-corrected chi connectivity index (χ4v) is 3.27. The van der Waals surface area contributed by atoms with Gasteiger partial charge in [0.2, 0.25) is 5.76 Å². The van der Waals surface area contributed by atoms with Crippen molar-refractivity contribution in [2.45, 2.75) is 32.4 Å². The summed E-state index contributed by atoms with van der Waals surface area (Å²) in [4.78, 5) is 15.3. The molecule has 1 saturated heterocycles. The molecule has 2 aromatic heterocycles. The summed E-state index contributed by atoms with van der Waals surface area (Å²) >= 11 is 0. The third-order valence-electron chi connectivity index (χ3n) is 4.53. The number of hydrogen-bond donors (Lipinski definition) is 1. The molecule has 7 nitrogen and oxygen atoms in total. The molecule has 8 heteroatoms. The second-order valence-corrected chi connectivity index (χ2v) is 6.12. The Hall–Kier alpha value is -1.83. The molecule has 1 aliphatic rings. The van der Waals surface area contributed by atoms with E-state index in [0.717, 1.165) is 44.7 Å². The molecule has 3 heterocycles. The van der Waals surface area contributed by atoms with Crippen molar-refractivity contribution in [1.29, 1.82) is 0 Å². The second kappa shape index (κ2) is 9.03. The van der Waals surface area contributed by atoms with Crippen molar-refractivity contribution in [3.8, 4) is 11.5 Å². The molecule has 0 amide bonds. The normalized spacial score (nSPS) is 16.1. The summed E-state index contributed by atoms with van der Waals surface area (Å²) in [6.07, 6.45) is 3.56. The van der Waals surface area contributed by atoms with E-state index in [4.69, 9.17) is 14.0 Å². The summed E-state index contributed by atoms with van der Waals surface area (Å²) in [6, 6.07) is 5.92. The largest absolute Gasteiger partial charge is 0.480 e. The second-order valence-electron chi connectivity index (χ2n) is 6.12. The number of furan rings is 1. The molecule has 2 aromatic rings. The van der Waals surface area contributed by atoms with E-state index in [0.29, 0.717) is 17.6 Å². The summed E-state index contributed by atoms with van der Waals surface area (Å²) in [5.74, 6) is 0.565. The highest BCUT2D eigenvalue weighted by atomic mass is 35.5. The van der Waals surface area contributed by atoms with Gasteiger partial charge in [-0.3, -0.25) is 14.6 Å². The Labute approximate surface area is 153 Å². The van der Waals surface area contributed by atoms with Crippen molar-refractivity contribution >= 4 is 18.4 Å². The highest BCUT2D eigenvalue weighted by molar-refractivity contribution is 5.85. The fourth-order valence-electron chi connectivity index (χ4n) is 3.27. The molecule has 0 radical (unpaired) electrons. The van der Waals surface area contributed by atoms with Crippen LogP contribution in [-0.4, -0.2) is 58.3 Å². The molecule has 0 bridgehead atoms. The van der Waals surface area contributed by atoms with Gasteiger partial charge in [-0.15, -0.1) is 12.4 Å². The summed E-state index contributed by atoms with van der Waals surface area (Å²) in [6.45, 7) is 5.51. The number of carbonyl (C=O) groups is 1. The van der Waals surface area contributed by atoms with E-state index in [2.05, 4.69) is 10.1 Å².